The third-order valence-electron chi connectivity index (χ3n) is 4.88. The van der Waals surface area contributed by atoms with Crippen molar-refractivity contribution in [1.82, 2.24) is 9.88 Å². The average molecular weight is 274 g/mol. The van der Waals surface area contributed by atoms with E-state index in [0.29, 0.717) is 12.6 Å². The number of rotatable bonds is 2. The molecule has 2 atom stereocenters. The first kappa shape index (κ1) is 13.8. The molecule has 2 N–H and O–H groups in total. The van der Waals surface area contributed by atoms with Gasteiger partial charge in [-0.1, -0.05) is 12.5 Å². The molecule has 0 radical (unpaired) electrons. The van der Waals surface area contributed by atoms with Crippen molar-refractivity contribution in [3.8, 4) is 0 Å². The summed E-state index contributed by atoms with van der Waals surface area (Å²) in [6.07, 6.45) is 4.08. The SMILES string of the molecule is Cc1nc(N2CC3CCCCN3CC2C)ccc1CN. The highest BCUT2D eigenvalue weighted by Crippen LogP contribution is 2.27. The van der Waals surface area contributed by atoms with Crippen LogP contribution < -0.4 is 10.6 Å². The lowest BCUT2D eigenvalue weighted by atomic mass is 9.97. The Bertz CT molecular complexity index is 474. The van der Waals surface area contributed by atoms with Crippen molar-refractivity contribution < 1.29 is 0 Å². The maximum atomic E-state index is 5.73. The van der Waals surface area contributed by atoms with E-state index in [0.717, 1.165) is 29.7 Å². The second-order valence-corrected chi connectivity index (χ2v) is 6.26. The van der Waals surface area contributed by atoms with Gasteiger partial charge in [-0.3, -0.25) is 4.90 Å². The molecule has 2 fully saturated rings. The molecule has 0 aliphatic carbocycles. The Morgan fingerprint density at radius 2 is 2.15 bits per heavy atom. The van der Waals surface area contributed by atoms with Crippen LogP contribution in [-0.2, 0) is 6.54 Å². The van der Waals surface area contributed by atoms with E-state index < -0.39 is 0 Å². The van der Waals surface area contributed by atoms with Gasteiger partial charge in [0.15, 0.2) is 0 Å². The van der Waals surface area contributed by atoms with Crippen LogP contribution in [0.3, 0.4) is 0 Å². The van der Waals surface area contributed by atoms with Gasteiger partial charge < -0.3 is 10.6 Å². The van der Waals surface area contributed by atoms with Gasteiger partial charge in [-0.25, -0.2) is 4.98 Å². The normalized spacial score (nSPS) is 27.4. The van der Waals surface area contributed by atoms with Crippen LogP contribution >= 0.6 is 0 Å². The number of piperazine rings is 1. The molecular weight excluding hydrogens is 248 g/mol. The van der Waals surface area contributed by atoms with Gasteiger partial charge in [0.1, 0.15) is 5.82 Å². The number of pyridine rings is 1. The summed E-state index contributed by atoms with van der Waals surface area (Å²) in [5.41, 5.74) is 7.96. The first-order valence-electron chi connectivity index (χ1n) is 7.86. The minimum Gasteiger partial charge on any atom is -0.351 e. The van der Waals surface area contributed by atoms with E-state index in [4.69, 9.17) is 10.7 Å². The molecule has 0 amide bonds. The van der Waals surface area contributed by atoms with Gasteiger partial charge >= 0.3 is 0 Å². The number of nitrogens with zero attached hydrogens (tertiary/aromatic N) is 3. The molecule has 2 aliphatic heterocycles. The quantitative estimate of drug-likeness (QED) is 0.895. The summed E-state index contributed by atoms with van der Waals surface area (Å²) in [6, 6.07) is 5.54. The van der Waals surface area contributed by atoms with Crippen molar-refractivity contribution in [2.24, 2.45) is 5.73 Å². The van der Waals surface area contributed by atoms with E-state index in [2.05, 4.69) is 35.8 Å². The van der Waals surface area contributed by atoms with Gasteiger partial charge in [0.05, 0.1) is 0 Å². The van der Waals surface area contributed by atoms with E-state index >= 15 is 0 Å². The molecule has 2 unspecified atom stereocenters. The third kappa shape index (κ3) is 2.54. The van der Waals surface area contributed by atoms with Crippen molar-refractivity contribution in [2.75, 3.05) is 24.5 Å². The zero-order valence-corrected chi connectivity index (χ0v) is 12.7. The summed E-state index contributed by atoms with van der Waals surface area (Å²) in [4.78, 5) is 9.94. The van der Waals surface area contributed by atoms with Crippen molar-refractivity contribution in [3.63, 3.8) is 0 Å². The van der Waals surface area contributed by atoms with Gasteiger partial charge in [0.2, 0.25) is 0 Å². The van der Waals surface area contributed by atoms with Crippen molar-refractivity contribution in [3.05, 3.63) is 23.4 Å². The number of piperidine rings is 1. The number of nitrogens with two attached hydrogens (primary N) is 1. The maximum Gasteiger partial charge on any atom is 0.129 e. The fourth-order valence-corrected chi connectivity index (χ4v) is 3.62. The first-order valence-corrected chi connectivity index (χ1v) is 7.86. The molecule has 110 valence electrons. The summed E-state index contributed by atoms with van der Waals surface area (Å²) in [6.45, 7) is 8.53. The Balaban J connectivity index is 1.80. The number of fused-ring (bicyclic) bond motifs is 1. The standard InChI is InChI=1S/C16H26N4/c1-12-10-19-8-4-3-5-15(19)11-20(12)16-7-6-14(9-17)13(2)18-16/h6-7,12,15H,3-5,8-11,17H2,1-2H3. The Morgan fingerprint density at radius 3 is 2.90 bits per heavy atom. The lowest BCUT2D eigenvalue weighted by Crippen LogP contribution is -2.59. The molecular formula is C16H26N4. The summed E-state index contributed by atoms with van der Waals surface area (Å²) >= 11 is 0. The van der Waals surface area contributed by atoms with Gasteiger partial charge in [-0.15, -0.1) is 0 Å². The third-order valence-corrected chi connectivity index (χ3v) is 4.88. The number of anilines is 1. The van der Waals surface area contributed by atoms with Gasteiger partial charge in [0.25, 0.3) is 0 Å². The summed E-state index contributed by atoms with van der Waals surface area (Å²) in [7, 11) is 0. The Hall–Kier alpha value is -1.13. The largest absolute Gasteiger partial charge is 0.351 e. The summed E-state index contributed by atoms with van der Waals surface area (Å²) in [5, 5.41) is 0. The monoisotopic (exact) mass is 274 g/mol. The second kappa shape index (κ2) is 5.70. The van der Waals surface area contributed by atoms with Crippen molar-refractivity contribution in [1.29, 1.82) is 0 Å². The second-order valence-electron chi connectivity index (χ2n) is 6.26. The molecule has 0 spiro atoms. The minimum absolute atomic E-state index is 0.542. The van der Waals surface area contributed by atoms with Crippen molar-refractivity contribution in [2.45, 2.75) is 51.7 Å². The van der Waals surface area contributed by atoms with Crippen LogP contribution in [0.2, 0.25) is 0 Å². The highest BCUT2D eigenvalue weighted by atomic mass is 15.3. The lowest BCUT2D eigenvalue weighted by Gasteiger charge is -2.48. The smallest absolute Gasteiger partial charge is 0.129 e. The highest BCUT2D eigenvalue weighted by Gasteiger charge is 2.33. The fourth-order valence-electron chi connectivity index (χ4n) is 3.62. The Kier molecular flexibility index (Phi) is 3.94. The highest BCUT2D eigenvalue weighted by molar-refractivity contribution is 5.43. The predicted molar refractivity (Wildman–Crippen MR) is 82.9 cm³/mol. The zero-order valence-electron chi connectivity index (χ0n) is 12.7. The zero-order chi connectivity index (χ0) is 14.1. The van der Waals surface area contributed by atoms with Gasteiger partial charge in [0, 0.05) is 37.4 Å². The molecule has 1 aromatic rings. The molecule has 2 aliphatic rings. The molecule has 0 bridgehead atoms. The topological polar surface area (TPSA) is 45.4 Å². The van der Waals surface area contributed by atoms with Crippen LogP contribution in [0.5, 0.6) is 0 Å². The number of aromatic nitrogens is 1. The minimum atomic E-state index is 0.542. The van der Waals surface area contributed by atoms with Crippen molar-refractivity contribution >= 4 is 5.82 Å². The Labute approximate surface area is 122 Å². The van der Waals surface area contributed by atoms with E-state index in [1.54, 1.807) is 0 Å². The molecule has 2 saturated heterocycles. The molecule has 3 rings (SSSR count). The van der Waals surface area contributed by atoms with E-state index in [9.17, 15) is 0 Å². The maximum absolute atomic E-state index is 5.73. The first-order chi connectivity index (χ1) is 9.69. The van der Waals surface area contributed by atoms with Crippen LogP contribution in [-0.4, -0.2) is 41.6 Å². The summed E-state index contributed by atoms with van der Waals surface area (Å²) in [5.74, 6) is 1.12. The van der Waals surface area contributed by atoms with Gasteiger partial charge in [-0.05, 0) is 44.9 Å². The Morgan fingerprint density at radius 1 is 1.30 bits per heavy atom. The van der Waals surface area contributed by atoms with E-state index in [1.165, 1.54) is 32.4 Å². The van der Waals surface area contributed by atoms with Gasteiger partial charge in [-0.2, -0.15) is 0 Å². The van der Waals surface area contributed by atoms with E-state index in [-0.39, 0.29) is 0 Å². The molecule has 1 aromatic heterocycles. The lowest BCUT2D eigenvalue weighted by molar-refractivity contribution is 0.115. The number of hydrogen-bond donors (Lipinski definition) is 1. The molecule has 4 nitrogen and oxygen atoms in total. The van der Waals surface area contributed by atoms with Crippen LogP contribution in [0.4, 0.5) is 5.82 Å². The van der Waals surface area contributed by atoms with Crippen LogP contribution in [0.1, 0.15) is 37.4 Å². The predicted octanol–water partition coefficient (Wildman–Crippen LogP) is 1.91. The molecule has 0 aromatic carbocycles. The van der Waals surface area contributed by atoms with Crippen LogP contribution in [0, 0.1) is 6.92 Å². The van der Waals surface area contributed by atoms with Crippen LogP contribution in [0.15, 0.2) is 12.1 Å². The fraction of sp³-hybridized carbons (Fsp3) is 0.688. The molecule has 3 heterocycles. The summed E-state index contributed by atoms with van der Waals surface area (Å²) < 4.78 is 0. The average Bonchev–Trinajstić information content (AvgIpc) is 2.46. The van der Waals surface area contributed by atoms with E-state index in [1.807, 2.05) is 0 Å². The van der Waals surface area contributed by atoms with Crippen LogP contribution in [0.25, 0.3) is 0 Å². The molecule has 20 heavy (non-hydrogen) atoms. The number of aryl methyl sites for hydroxylation is 1. The molecule has 0 saturated carbocycles. The molecule has 4 heteroatoms. The number of hydrogen-bond acceptors (Lipinski definition) is 4.